The van der Waals surface area contributed by atoms with E-state index in [2.05, 4.69) is 11.1 Å². The molecule has 0 N–H and O–H groups in total. The van der Waals surface area contributed by atoms with Gasteiger partial charge in [0.15, 0.2) is 0 Å². The van der Waals surface area contributed by atoms with E-state index < -0.39 is 0 Å². The predicted octanol–water partition coefficient (Wildman–Crippen LogP) is 4.70. The van der Waals surface area contributed by atoms with E-state index in [0.717, 1.165) is 40.6 Å². The lowest BCUT2D eigenvalue weighted by Crippen LogP contribution is -2.36. The van der Waals surface area contributed by atoms with Gasteiger partial charge in [0.2, 0.25) is 0 Å². The van der Waals surface area contributed by atoms with Crippen LogP contribution >= 0.6 is 22.7 Å². The van der Waals surface area contributed by atoms with Crippen molar-refractivity contribution in [2.24, 2.45) is 0 Å². The van der Waals surface area contributed by atoms with Crippen molar-refractivity contribution in [1.82, 2.24) is 9.88 Å². The molecule has 3 aromatic rings. The van der Waals surface area contributed by atoms with E-state index in [1.807, 2.05) is 46.0 Å². The standard InChI is InChI=1S/C21H22N2O3S2/c1-25-16-8-6-15(7-9-16)20-22-19(14-28-20)21(24)23(12-17-4-2-10-26-17)13-18-5-3-11-27-18/h3,5-9,11,14,17H,2,4,10,12-13H2,1H3. The van der Waals surface area contributed by atoms with Gasteiger partial charge in [0.1, 0.15) is 16.5 Å². The number of methoxy groups -OCH3 is 1. The number of rotatable bonds is 7. The summed E-state index contributed by atoms with van der Waals surface area (Å²) in [5.41, 5.74) is 1.47. The molecule has 1 amide bonds. The monoisotopic (exact) mass is 414 g/mol. The van der Waals surface area contributed by atoms with Gasteiger partial charge in [0.25, 0.3) is 5.91 Å². The highest BCUT2D eigenvalue weighted by Crippen LogP contribution is 2.27. The van der Waals surface area contributed by atoms with Crippen molar-refractivity contribution in [1.29, 1.82) is 0 Å². The highest BCUT2D eigenvalue weighted by molar-refractivity contribution is 7.13. The summed E-state index contributed by atoms with van der Waals surface area (Å²) in [5.74, 6) is 0.759. The molecule has 0 aliphatic carbocycles. The van der Waals surface area contributed by atoms with Crippen LogP contribution in [0.5, 0.6) is 5.75 Å². The Kier molecular flexibility index (Phi) is 6.04. The van der Waals surface area contributed by atoms with Crippen molar-refractivity contribution in [3.05, 3.63) is 57.7 Å². The van der Waals surface area contributed by atoms with E-state index in [4.69, 9.17) is 9.47 Å². The van der Waals surface area contributed by atoms with Crippen molar-refractivity contribution >= 4 is 28.6 Å². The average Bonchev–Trinajstić information content (AvgIpc) is 3.49. The van der Waals surface area contributed by atoms with Crippen LogP contribution < -0.4 is 4.74 Å². The fourth-order valence-electron chi connectivity index (χ4n) is 3.24. The van der Waals surface area contributed by atoms with E-state index in [1.54, 1.807) is 18.4 Å². The van der Waals surface area contributed by atoms with E-state index in [0.29, 0.717) is 18.8 Å². The molecule has 1 aromatic carbocycles. The molecule has 0 saturated carbocycles. The molecule has 1 aliphatic heterocycles. The van der Waals surface area contributed by atoms with Gasteiger partial charge >= 0.3 is 0 Å². The highest BCUT2D eigenvalue weighted by atomic mass is 32.1. The summed E-state index contributed by atoms with van der Waals surface area (Å²) in [6.45, 7) is 1.97. The number of thiazole rings is 1. The van der Waals surface area contributed by atoms with E-state index in [9.17, 15) is 4.79 Å². The third-order valence-electron chi connectivity index (χ3n) is 4.72. The van der Waals surface area contributed by atoms with Gasteiger partial charge in [-0.3, -0.25) is 4.79 Å². The Morgan fingerprint density at radius 3 is 2.82 bits per heavy atom. The number of amides is 1. The Balaban J connectivity index is 1.52. The fourth-order valence-corrected chi connectivity index (χ4v) is 4.76. The van der Waals surface area contributed by atoms with E-state index in [-0.39, 0.29) is 12.0 Å². The Labute approximate surface area is 172 Å². The Morgan fingerprint density at radius 1 is 1.29 bits per heavy atom. The molecule has 7 heteroatoms. The molecule has 0 bridgehead atoms. The van der Waals surface area contributed by atoms with E-state index >= 15 is 0 Å². The van der Waals surface area contributed by atoms with Crippen LogP contribution in [0.15, 0.2) is 47.2 Å². The summed E-state index contributed by atoms with van der Waals surface area (Å²) in [5, 5.41) is 4.72. The van der Waals surface area contributed by atoms with Crippen molar-refractivity contribution in [3.63, 3.8) is 0 Å². The number of carbonyl (C=O) groups is 1. The zero-order chi connectivity index (χ0) is 19.3. The number of nitrogens with zero attached hydrogens (tertiary/aromatic N) is 2. The van der Waals surface area contributed by atoms with Gasteiger partial charge < -0.3 is 14.4 Å². The minimum atomic E-state index is -0.0417. The Bertz CT molecular complexity index is 900. The van der Waals surface area contributed by atoms with Gasteiger partial charge in [0, 0.05) is 29.0 Å². The summed E-state index contributed by atoms with van der Waals surface area (Å²) in [6, 6.07) is 11.8. The first-order valence-electron chi connectivity index (χ1n) is 9.26. The maximum atomic E-state index is 13.2. The topological polar surface area (TPSA) is 51.7 Å². The van der Waals surface area contributed by atoms with Gasteiger partial charge in [-0.1, -0.05) is 6.07 Å². The van der Waals surface area contributed by atoms with Crippen LogP contribution in [0.2, 0.25) is 0 Å². The minimum Gasteiger partial charge on any atom is -0.497 e. The van der Waals surface area contributed by atoms with Crippen LogP contribution in [0.3, 0.4) is 0 Å². The van der Waals surface area contributed by atoms with Gasteiger partial charge in [-0.05, 0) is 48.6 Å². The van der Waals surface area contributed by atoms with Crippen molar-refractivity contribution in [2.75, 3.05) is 20.3 Å². The van der Waals surface area contributed by atoms with Crippen LogP contribution in [0, 0.1) is 0 Å². The molecule has 1 fully saturated rings. The van der Waals surface area contributed by atoms with Crippen LogP contribution in [0.1, 0.15) is 28.2 Å². The number of benzene rings is 1. The summed E-state index contributed by atoms with van der Waals surface area (Å²) in [7, 11) is 1.64. The first-order chi connectivity index (χ1) is 13.7. The molecule has 1 atom stereocenters. The number of aromatic nitrogens is 1. The van der Waals surface area contributed by atoms with Crippen LogP contribution in [-0.2, 0) is 11.3 Å². The lowest BCUT2D eigenvalue weighted by Gasteiger charge is -2.24. The maximum Gasteiger partial charge on any atom is 0.273 e. The van der Waals surface area contributed by atoms with Crippen molar-refractivity contribution < 1.29 is 14.3 Å². The van der Waals surface area contributed by atoms with Gasteiger partial charge in [-0.25, -0.2) is 4.98 Å². The number of ether oxygens (including phenoxy) is 2. The number of thiophene rings is 1. The van der Waals surface area contributed by atoms with Crippen LogP contribution in [0.25, 0.3) is 10.6 Å². The summed E-state index contributed by atoms with van der Waals surface area (Å²) < 4.78 is 11.0. The first-order valence-corrected chi connectivity index (χ1v) is 11.0. The summed E-state index contributed by atoms with van der Waals surface area (Å²) in [4.78, 5) is 20.8. The smallest absolute Gasteiger partial charge is 0.273 e. The average molecular weight is 415 g/mol. The maximum absolute atomic E-state index is 13.2. The molecular weight excluding hydrogens is 392 g/mol. The molecule has 1 saturated heterocycles. The van der Waals surface area contributed by atoms with Gasteiger partial charge in [-0.15, -0.1) is 22.7 Å². The summed E-state index contributed by atoms with van der Waals surface area (Å²) >= 11 is 3.15. The molecule has 0 radical (unpaired) electrons. The SMILES string of the molecule is COc1ccc(-c2nc(C(=O)N(Cc3cccs3)CC3CCCO3)cs2)cc1. The number of carbonyl (C=O) groups excluding carboxylic acids is 1. The fraction of sp³-hybridized carbons (Fsp3) is 0.333. The second-order valence-corrected chi connectivity index (χ2v) is 8.56. The normalized spacial score (nSPS) is 16.2. The van der Waals surface area contributed by atoms with Gasteiger partial charge in [0.05, 0.1) is 19.8 Å². The zero-order valence-electron chi connectivity index (χ0n) is 15.7. The quantitative estimate of drug-likeness (QED) is 0.562. The predicted molar refractivity (Wildman–Crippen MR) is 112 cm³/mol. The highest BCUT2D eigenvalue weighted by Gasteiger charge is 2.25. The second kappa shape index (κ2) is 8.86. The lowest BCUT2D eigenvalue weighted by molar-refractivity contribution is 0.0506. The molecule has 28 heavy (non-hydrogen) atoms. The molecule has 3 heterocycles. The molecule has 5 nitrogen and oxygen atoms in total. The first kappa shape index (κ1) is 19.1. The molecule has 146 valence electrons. The Hall–Kier alpha value is -2.22. The van der Waals surface area contributed by atoms with E-state index in [1.165, 1.54) is 11.3 Å². The lowest BCUT2D eigenvalue weighted by atomic mass is 10.2. The summed E-state index contributed by atoms with van der Waals surface area (Å²) in [6.07, 6.45) is 2.18. The molecular formula is C21H22N2O3S2. The van der Waals surface area contributed by atoms with Gasteiger partial charge in [-0.2, -0.15) is 0 Å². The van der Waals surface area contributed by atoms with Crippen molar-refractivity contribution in [3.8, 4) is 16.3 Å². The molecule has 1 unspecified atom stereocenters. The second-order valence-electron chi connectivity index (χ2n) is 6.67. The number of hydrogen-bond acceptors (Lipinski definition) is 6. The molecule has 0 spiro atoms. The molecule has 2 aromatic heterocycles. The zero-order valence-corrected chi connectivity index (χ0v) is 17.3. The largest absolute Gasteiger partial charge is 0.497 e. The molecule has 4 rings (SSSR count). The third kappa shape index (κ3) is 4.43. The Morgan fingerprint density at radius 2 is 2.14 bits per heavy atom. The number of hydrogen-bond donors (Lipinski definition) is 0. The molecule has 1 aliphatic rings. The third-order valence-corrected chi connectivity index (χ3v) is 6.47. The van der Waals surface area contributed by atoms with Crippen molar-refractivity contribution in [2.45, 2.75) is 25.5 Å². The minimum absolute atomic E-state index is 0.0417. The van der Waals surface area contributed by atoms with Crippen LogP contribution in [0.4, 0.5) is 0 Å². The van der Waals surface area contributed by atoms with Crippen LogP contribution in [-0.4, -0.2) is 42.2 Å².